The number of nitrogens with zero attached hydrogens (tertiary/aromatic N) is 6. The summed E-state index contributed by atoms with van der Waals surface area (Å²) in [5.41, 5.74) is 2.33. The molecule has 3 aliphatic rings. The Labute approximate surface area is 257 Å². The van der Waals surface area contributed by atoms with Crippen LogP contribution in [0.3, 0.4) is 0 Å². The second-order valence-corrected chi connectivity index (χ2v) is 11.9. The summed E-state index contributed by atoms with van der Waals surface area (Å²) in [5.74, 6) is -3.23. The number of hydrogen-bond donors (Lipinski definition) is 1. The number of piperidine rings is 2. The zero-order valence-electron chi connectivity index (χ0n) is 25.2. The molecule has 2 atom stereocenters. The second kappa shape index (κ2) is 11.8. The number of alkyl halides is 2. The predicted molar refractivity (Wildman–Crippen MR) is 161 cm³/mol. The van der Waals surface area contributed by atoms with Gasteiger partial charge >= 0.3 is 11.8 Å². The highest BCUT2D eigenvalue weighted by molar-refractivity contribution is 6.00. The number of carbonyl (C=O) groups excluding carboxylic acids is 2. The molecule has 3 amide bonds. The lowest BCUT2D eigenvalue weighted by Gasteiger charge is -2.46. The SMILES string of the molecule is COc1ccc(CN2C(=O)CCC(n3c(=O)n(C)c4c(N5CCN([C@H]6CCN(C(=O)O)CC6(F)F)CC5)cccc43)C2=O)cc1. The molecule has 6 rings (SSSR count). The number of benzene rings is 2. The summed E-state index contributed by atoms with van der Waals surface area (Å²) in [6.07, 6.45) is -0.963. The van der Waals surface area contributed by atoms with Gasteiger partial charge in [-0.3, -0.25) is 28.5 Å². The number of rotatable bonds is 6. The maximum absolute atomic E-state index is 14.9. The van der Waals surface area contributed by atoms with Crippen LogP contribution in [0.2, 0.25) is 0 Å². The fraction of sp³-hybridized carbons (Fsp3) is 0.484. The molecular formula is C31H36F2N6O6. The predicted octanol–water partition coefficient (Wildman–Crippen LogP) is 2.75. The van der Waals surface area contributed by atoms with Crippen LogP contribution in [0, 0.1) is 0 Å². The number of methoxy groups -OCH3 is 1. The first-order valence-electron chi connectivity index (χ1n) is 15.0. The van der Waals surface area contributed by atoms with Crippen molar-refractivity contribution >= 4 is 34.6 Å². The number of fused-ring (bicyclic) bond motifs is 1. The Morgan fingerprint density at radius 2 is 1.71 bits per heavy atom. The smallest absolute Gasteiger partial charge is 0.407 e. The van der Waals surface area contributed by atoms with Crippen molar-refractivity contribution < 1.29 is 33.0 Å². The van der Waals surface area contributed by atoms with Crippen molar-refractivity contribution in [2.75, 3.05) is 51.3 Å². The fourth-order valence-electron chi connectivity index (χ4n) is 6.93. The third-order valence-corrected chi connectivity index (χ3v) is 9.30. The first-order valence-corrected chi connectivity index (χ1v) is 15.0. The number of hydrogen-bond acceptors (Lipinski definition) is 7. The zero-order valence-corrected chi connectivity index (χ0v) is 25.2. The van der Waals surface area contributed by atoms with Crippen LogP contribution in [-0.4, -0.2) is 105 Å². The Bertz CT molecular complexity index is 1680. The molecule has 240 valence electrons. The second-order valence-electron chi connectivity index (χ2n) is 11.9. The van der Waals surface area contributed by atoms with Crippen molar-refractivity contribution in [3.63, 3.8) is 0 Å². The highest BCUT2D eigenvalue weighted by Crippen LogP contribution is 2.35. The van der Waals surface area contributed by atoms with Gasteiger partial charge in [-0.05, 0) is 42.7 Å². The molecule has 1 N–H and O–H groups in total. The number of aryl methyl sites for hydroxylation is 1. The minimum Gasteiger partial charge on any atom is -0.497 e. The molecule has 0 bridgehead atoms. The Hall–Kier alpha value is -4.46. The molecule has 3 saturated heterocycles. The molecule has 4 heterocycles. The topological polar surface area (TPSA) is 121 Å². The molecule has 12 nitrogen and oxygen atoms in total. The number of halogens is 2. The van der Waals surface area contributed by atoms with Gasteiger partial charge in [0.2, 0.25) is 5.91 Å². The van der Waals surface area contributed by atoms with Crippen molar-refractivity contribution in [1.82, 2.24) is 23.8 Å². The molecule has 45 heavy (non-hydrogen) atoms. The number of amides is 3. The quantitative estimate of drug-likeness (QED) is 0.415. The van der Waals surface area contributed by atoms with Gasteiger partial charge in [0.05, 0.1) is 43.0 Å². The van der Waals surface area contributed by atoms with Gasteiger partial charge in [0.1, 0.15) is 11.8 Å². The van der Waals surface area contributed by atoms with Gasteiger partial charge in [0.15, 0.2) is 0 Å². The van der Waals surface area contributed by atoms with Crippen LogP contribution in [0.25, 0.3) is 11.0 Å². The molecule has 1 unspecified atom stereocenters. The van der Waals surface area contributed by atoms with Crippen molar-refractivity contribution in [2.24, 2.45) is 7.05 Å². The van der Waals surface area contributed by atoms with E-state index in [1.807, 2.05) is 12.1 Å². The van der Waals surface area contributed by atoms with Gasteiger partial charge in [-0.25, -0.2) is 18.4 Å². The van der Waals surface area contributed by atoms with E-state index in [0.29, 0.717) is 43.0 Å². The Kier molecular flexibility index (Phi) is 8.02. The summed E-state index contributed by atoms with van der Waals surface area (Å²) < 4.78 is 38.1. The summed E-state index contributed by atoms with van der Waals surface area (Å²) in [5, 5.41) is 9.16. The van der Waals surface area contributed by atoms with Crippen LogP contribution in [0.1, 0.15) is 30.9 Å². The number of carboxylic acid groups (broad SMARTS) is 1. The number of imide groups is 1. The van der Waals surface area contributed by atoms with E-state index >= 15 is 0 Å². The van der Waals surface area contributed by atoms with Crippen LogP contribution in [0.4, 0.5) is 19.3 Å². The highest BCUT2D eigenvalue weighted by Gasteiger charge is 2.49. The monoisotopic (exact) mass is 626 g/mol. The number of carbonyl (C=O) groups is 3. The Balaban J connectivity index is 1.23. The first kappa shape index (κ1) is 30.6. The molecule has 1 aromatic heterocycles. The molecule has 3 fully saturated rings. The summed E-state index contributed by atoms with van der Waals surface area (Å²) >= 11 is 0. The average molecular weight is 627 g/mol. The first-order chi connectivity index (χ1) is 21.5. The molecular weight excluding hydrogens is 590 g/mol. The number of anilines is 1. The van der Waals surface area contributed by atoms with E-state index in [9.17, 15) is 28.0 Å². The normalized spacial score (nSPS) is 22.7. The minimum atomic E-state index is -3.16. The van der Waals surface area contributed by atoms with Crippen LogP contribution < -0.4 is 15.3 Å². The van der Waals surface area contributed by atoms with Gasteiger partial charge in [0.25, 0.3) is 11.8 Å². The third kappa shape index (κ3) is 5.51. The van der Waals surface area contributed by atoms with Crippen LogP contribution in [0.5, 0.6) is 5.75 Å². The molecule has 0 saturated carbocycles. The number of aromatic nitrogens is 2. The van der Waals surface area contributed by atoms with Gasteiger partial charge < -0.3 is 19.6 Å². The fourth-order valence-corrected chi connectivity index (χ4v) is 6.93. The number of ether oxygens (including phenoxy) is 1. The van der Waals surface area contributed by atoms with E-state index in [1.165, 1.54) is 14.0 Å². The van der Waals surface area contributed by atoms with Crippen LogP contribution in [-0.2, 0) is 23.2 Å². The molecule has 2 aromatic carbocycles. The average Bonchev–Trinajstić information content (AvgIpc) is 3.28. The number of likely N-dealkylation sites (tertiary alicyclic amines) is 2. The van der Waals surface area contributed by atoms with E-state index in [2.05, 4.69) is 4.90 Å². The van der Waals surface area contributed by atoms with Gasteiger partial charge in [-0.2, -0.15) is 0 Å². The van der Waals surface area contributed by atoms with E-state index in [0.717, 1.165) is 16.2 Å². The lowest BCUT2D eigenvalue weighted by atomic mass is 9.98. The summed E-state index contributed by atoms with van der Waals surface area (Å²) in [7, 11) is 3.20. The lowest BCUT2D eigenvalue weighted by molar-refractivity contribution is -0.151. The highest BCUT2D eigenvalue weighted by atomic mass is 19.3. The zero-order chi connectivity index (χ0) is 32.0. The van der Waals surface area contributed by atoms with Crippen LogP contribution in [0.15, 0.2) is 47.3 Å². The van der Waals surface area contributed by atoms with E-state index in [4.69, 9.17) is 9.84 Å². The Morgan fingerprint density at radius 3 is 2.36 bits per heavy atom. The largest absolute Gasteiger partial charge is 0.497 e. The maximum atomic E-state index is 14.9. The van der Waals surface area contributed by atoms with Crippen molar-refractivity contribution in [1.29, 1.82) is 0 Å². The minimum absolute atomic E-state index is 0.0552. The number of para-hydroxylation sites is 1. The summed E-state index contributed by atoms with van der Waals surface area (Å²) in [6, 6.07) is 10.7. The van der Waals surface area contributed by atoms with Gasteiger partial charge in [-0.1, -0.05) is 18.2 Å². The molecule has 0 spiro atoms. The summed E-state index contributed by atoms with van der Waals surface area (Å²) in [4.78, 5) is 57.3. The van der Waals surface area contributed by atoms with Crippen molar-refractivity contribution in [3.8, 4) is 5.75 Å². The van der Waals surface area contributed by atoms with Gasteiger partial charge in [-0.15, -0.1) is 0 Å². The van der Waals surface area contributed by atoms with Crippen molar-refractivity contribution in [2.45, 2.75) is 43.8 Å². The standard InChI is InChI=1S/C31H36F2N6O6/c1-34-27-22(35-14-16-36(17-15-35)25-12-13-37(30(43)44)19-31(25,32)33)4-3-5-23(27)39(29(34)42)24-10-11-26(40)38(28(24)41)18-20-6-8-21(45-2)9-7-20/h3-9,24-25H,10-19H2,1-2H3,(H,43,44)/t24?,25-/m0/s1. The van der Waals surface area contributed by atoms with Crippen LogP contribution >= 0.6 is 0 Å². The molecule has 3 aliphatic heterocycles. The van der Waals surface area contributed by atoms with E-state index in [1.54, 1.807) is 49.4 Å². The maximum Gasteiger partial charge on any atom is 0.407 e. The van der Waals surface area contributed by atoms with Gasteiger partial charge in [0, 0.05) is 46.2 Å². The van der Waals surface area contributed by atoms with Crippen molar-refractivity contribution in [3.05, 3.63) is 58.5 Å². The molecule has 0 radical (unpaired) electrons. The van der Waals surface area contributed by atoms with E-state index in [-0.39, 0.29) is 43.9 Å². The number of piperazine rings is 1. The number of imidazole rings is 1. The molecule has 3 aromatic rings. The summed E-state index contributed by atoms with van der Waals surface area (Å²) in [6.45, 7) is 0.894. The molecule has 14 heteroatoms. The lowest BCUT2D eigenvalue weighted by Crippen LogP contribution is -2.62. The Morgan fingerprint density at radius 1 is 1.00 bits per heavy atom. The molecule has 0 aliphatic carbocycles. The van der Waals surface area contributed by atoms with E-state index < -0.39 is 36.6 Å². The third-order valence-electron chi connectivity index (χ3n) is 9.30.